The molecule has 0 radical (unpaired) electrons. The van der Waals surface area contributed by atoms with Crippen LogP contribution in [0.1, 0.15) is 19.8 Å². The first kappa shape index (κ1) is 12.7. The molecular weight excluding hydrogens is 280 g/mol. The molecule has 1 heterocycles. The van der Waals surface area contributed by atoms with Gasteiger partial charge in [-0.15, -0.1) is 0 Å². The summed E-state index contributed by atoms with van der Waals surface area (Å²) in [6.45, 7) is 4.09. The van der Waals surface area contributed by atoms with Gasteiger partial charge in [0.1, 0.15) is 0 Å². The second-order valence-corrected chi connectivity index (χ2v) is 5.80. The molecule has 3 nitrogen and oxygen atoms in total. The second-order valence-electron chi connectivity index (χ2n) is 4.88. The predicted octanol–water partition coefficient (Wildman–Crippen LogP) is 3.04. The van der Waals surface area contributed by atoms with Crippen LogP contribution in [0.25, 0.3) is 0 Å². The highest BCUT2D eigenvalue weighted by Gasteiger charge is 2.31. The Balaban J connectivity index is 2.24. The maximum Gasteiger partial charge on any atom is 0.0825 e. The number of nitrogens with zero attached hydrogens (tertiary/aromatic N) is 1. The van der Waals surface area contributed by atoms with Crippen LogP contribution in [0, 0.1) is 0 Å². The van der Waals surface area contributed by atoms with Crippen molar-refractivity contribution >= 4 is 27.3 Å². The van der Waals surface area contributed by atoms with Crippen LogP contribution in [0.15, 0.2) is 22.7 Å². The Bertz CT molecular complexity index is 410. The lowest BCUT2D eigenvalue weighted by Gasteiger charge is -2.41. The minimum absolute atomic E-state index is 0.0625. The Morgan fingerprint density at radius 3 is 2.94 bits per heavy atom. The molecule has 2 N–H and O–H groups in total. The first-order valence-electron chi connectivity index (χ1n) is 5.89. The van der Waals surface area contributed by atoms with Crippen molar-refractivity contribution in [3.8, 4) is 0 Å². The summed E-state index contributed by atoms with van der Waals surface area (Å²) in [4.78, 5) is 2.31. The van der Waals surface area contributed by atoms with Gasteiger partial charge in [0.15, 0.2) is 0 Å². The maximum absolute atomic E-state index is 6.05. The normalized spacial score (nSPS) is 25.0. The third kappa shape index (κ3) is 2.75. The fourth-order valence-electron chi connectivity index (χ4n) is 2.37. The van der Waals surface area contributed by atoms with E-state index in [0.29, 0.717) is 0 Å². The minimum Gasteiger partial charge on any atom is -0.397 e. The van der Waals surface area contributed by atoms with E-state index >= 15 is 0 Å². The summed E-state index contributed by atoms with van der Waals surface area (Å²) in [6.07, 6.45) is 2.24. The van der Waals surface area contributed by atoms with E-state index < -0.39 is 0 Å². The van der Waals surface area contributed by atoms with E-state index in [1.165, 1.54) is 0 Å². The molecule has 0 saturated carbocycles. The first-order chi connectivity index (χ1) is 8.04. The molecule has 0 bridgehead atoms. The van der Waals surface area contributed by atoms with Crippen molar-refractivity contribution in [1.82, 2.24) is 0 Å². The highest BCUT2D eigenvalue weighted by atomic mass is 79.9. The predicted molar refractivity (Wildman–Crippen MR) is 75.4 cm³/mol. The van der Waals surface area contributed by atoms with Crippen LogP contribution < -0.4 is 10.6 Å². The molecule has 94 valence electrons. The number of ether oxygens (including phenoxy) is 1. The highest BCUT2D eigenvalue weighted by molar-refractivity contribution is 9.10. The van der Waals surface area contributed by atoms with Crippen molar-refractivity contribution in [2.45, 2.75) is 25.4 Å². The highest BCUT2D eigenvalue weighted by Crippen LogP contribution is 2.33. The molecule has 1 aliphatic heterocycles. The summed E-state index contributed by atoms with van der Waals surface area (Å²) in [5.41, 5.74) is 7.91. The zero-order chi connectivity index (χ0) is 12.5. The van der Waals surface area contributed by atoms with E-state index in [1.807, 2.05) is 12.1 Å². The zero-order valence-electron chi connectivity index (χ0n) is 10.4. The molecule has 17 heavy (non-hydrogen) atoms. The van der Waals surface area contributed by atoms with Gasteiger partial charge >= 0.3 is 0 Å². The average molecular weight is 299 g/mol. The van der Waals surface area contributed by atoms with Gasteiger partial charge in [0.05, 0.1) is 17.0 Å². The standard InChI is InChI=1S/C13H19BrN2O/c1-13(17-2)6-3-7-16(9-13)12-8-10(14)4-5-11(12)15/h4-5,8H,3,6-7,9,15H2,1-2H3. The molecule has 2 rings (SSSR count). The summed E-state index contributed by atoms with van der Waals surface area (Å²) >= 11 is 3.50. The third-order valence-electron chi connectivity index (χ3n) is 3.48. The molecular formula is C13H19BrN2O. The largest absolute Gasteiger partial charge is 0.397 e. The lowest BCUT2D eigenvalue weighted by atomic mass is 9.94. The van der Waals surface area contributed by atoms with Crippen LogP contribution in [0.4, 0.5) is 11.4 Å². The molecule has 1 unspecified atom stereocenters. The Morgan fingerprint density at radius 2 is 2.24 bits per heavy atom. The van der Waals surface area contributed by atoms with E-state index in [9.17, 15) is 0 Å². The fourth-order valence-corrected chi connectivity index (χ4v) is 2.72. The minimum atomic E-state index is -0.0625. The lowest BCUT2D eigenvalue weighted by molar-refractivity contribution is -0.00462. The maximum atomic E-state index is 6.05. The van der Waals surface area contributed by atoms with Gasteiger partial charge in [0.2, 0.25) is 0 Å². The molecule has 1 aliphatic rings. The third-order valence-corrected chi connectivity index (χ3v) is 3.98. The Morgan fingerprint density at radius 1 is 1.47 bits per heavy atom. The molecule has 0 aromatic heterocycles. The molecule has 1 fully saturated rings. The topological polar surface area (TPSA) is 38.5 Å². The monoisotopic (exact) mass is 298 g/mol. The summed E-state index contributed by atoms with van der Waals surface area (Å²) in [5, 5.41) is 0. The number of methoxy groups -OCH3 is 1. The van der Waals surface area contributed by atoms with Crippen molar-refractivity contribution in [3.63, 3.8) is 0 Å². The number of piperidine rings is 1. The number of benzene rings is 1. The first-order valence-corrected chi connectivity index (χ1v) is 6.68. The summed E-state index contributed by atoms with van der Waals surface area (Å²) in [5.74, 6) is 0. The number of anilines is 2. The molecule has 1 aromatic rings. The van der Waals surface area contributed by atoms with E-state index in [1.54, 1.807) is 7.11 Å². The van der Waals surface area contributed by atoms with E-state index in [2.05, 4.69) is 33.8 Å². The molecule has 1 atom stereocenters. The van der Waals surface area contributed by atoms with Crippen LogP contribution in [-0.2, 0) is 4.74 Å². The number of hydrogen-bond acceptors (Lipinski definition) is 3. The molecule has 0 spiro atoms. The number of halogens is 1. The van der Waals surface area contributed by atoms with Gasteiger partial charge in [-0.1, -0.05) is 15.9 Å². The van der Waals surface area contributed by atoms with Crippen molar-refractivity contribution in [1.29, 1.82) is 0 Å². The SMILES string of the molecule is COC1(C)CCCN(c2cc(Br)ccc2N)C1. The summed E-state index contributed by atoms with van der Waals surface area (Å²) < 4.78 is 6.67. The van der Waals surface area contributed by atoms with Gasteiger partial charge in [-0.3, -0.25) is 0 Å². The van der Waals surface area contributed by atoms with Gasteiger partial charge in [-0.2, -0.15) is 0 Å². The Kier molecular flexibility index (Phi) is 3.64. The fraction of sp³-hybridized carbons (Fsp3) is 0.538. The molecule has 4 heteroatoms. The summed E-state index contributed by atoms with van der Waals surface area (Å²) in [6, 6.07) is 5.99. The van der Waals surface area contributed by atoms with Crippen molar-refractivity contribution < 1.29 is 4.74 Å². The van der Waals surface area contributed by atoms with Crippen LogP contribution in [-0.4, -0.2) is 25.8 Å². The van der Waals surface area contributed by atoms with E-state index in [-0.39, 0.29) is 5.60 Å². The molecule has 1 aromatic carbocycles. The van der Waals surface area contributed by atoms with Crippen LogP contribution >= 0.6 is 15.9 Å². The van der Waals surface area contributed by atoms with Gasteiger partial charge < -0.3 is 15.4 Å². The lowest BCUT2D eigenvalue weighted by Crippen LogP contribution is -2.47. The molecule has 0 amide bonds. The van der Waals surface area contributed by atoms with Crippen molar-refractivity contribution in [3.05, 3.63) is 22.7 Å². The van der Waals surface area contributed by atoms with Gasteiger partial charge in [0, 0.05) is 24.7 Å². The summed E-state index contributed by atoms with van der Waals surface area (Å²) in [7, 11) is 1.79. The smallest absolute Gasteiger partial charge is 0.0825 e. The van der Waals surface area contributed by atoms with Crippen LogP contribution in [0.2, 0.25) is 0 Å². The zero-order valence-corrected chi connectivity index (χ0v) is 12.0. The number of nitrogen functional groups attached to an aromatic ring is 1. The Hall–Kier alpha value is -0.740. The number of rotatable bonds is 2. The number of hydrogen-bond donors (Lipinski definition) is 1. The van der Waals surface area contributed by atoms with Crippen molar-refractivity contribution in [2.24, 2.45) is 0 Å². The molecule has 0 aliphatic carbocycles. The van der Waals surface area contributed by atoms with Crippen molar-refractivity contribution in [2.75, 3.05) is 30.8 Å². The second kappa shape index (κ2) is 4.86. The van der Waals surface area contributed by atoms with Gasteiger partial charge in [-0.05, 0) is 38.0 Å². The van der Waals surface area contributed by atoms with Gasteiger partial charge in [0.25, 0.3) is 0 Å². The van der Waals surface area contributed by atoms with E-state index in [0.717, 1.165) is 41.8 Å². The average Bonchev–Trinajstić information content (AvgIpc) is 2.32. The Labute approximate surface area is 111 Å². The number of nitrogens with two attached hydrogens (primary N) is 1. The quantitative estimate of drug-likeness (QED) is 0.853. The van der Waals surface area contributed by atoms with E-state index in [4.69, 9.17) is 10.5 Å². The van der Waals surface area contributed by atoms with Gasteiger partial charge in [-0.25, -0.2) is 0 Å². The van der Waals surface area contributed by atoms with Crippen LogP contribution in [0.3, 0.4) is 0 Å². The van der Waals surface area contributed by atoms with Crippen LogP contribution in [0.5, 0.6) is 0 Å². The molecule has 1 saturated heterocycles.